The fraction of sp³-hybridized carbons (Fsp3) is 0.679. The number of benzene rings is 5. The van der Waals surface area contributed by atoms with Gasteiger partial charge in [0.15, 0.2) is 0 Å². The summed E-state index contributed by atoms with van der Waals surface area (Å²) in [6.45, 7) is 37.2. The second kappa shape index (κ2) is 35.8. The maximum atomic E-state index is 11.8. The van der Waals surface area contributed by atoms with Gasteiger partial charge in [-0.15, -0.1) is 0 Å². The summed E-state index contributed by atoms with van der Waals surface area (Å²) >= 11 is 0. The number of likely N-dealkylation sites (tertiary alicyclic amines) is 5. The molecule has 16 nitrogen and oxygen atoms in total. The van der Waals surface area contributed by atoms with Crippen molar-refractivity contribution in [1.82, 2.24) is 24.5 Å². The summed E-state index contributed by atoms with van der Waals surface area (Å²) in [5.74, 6) is 9.13. The number of fused-ring (bicyclic) bond motifs is 14. The van der Waals surface area contributed by atoms with Crippen LogP contribution in [0.15, 0.2) is 91.0 Å². The van der Waals surface area contributed by atoms with E-state index in [2.05, 4.69) is 154 Å². The Morgan fingerprint density at radius 1 is 0.344 bits per heavy atom. The summed E-state index contributed by atoms with van der Waals surface area (Å²) in [6, 6.07) is 34.3. The van der Waals surface area contributed by atoms with Crippen molar-refractivity contribution < 1.29 is 28.7 Å². The highest BCUT2D eigenvalue weighted by atomic mass is 16.5. The van der Waals surface area contributed by atoms with Crippen molar-refractivity contribution in [3.8, 4) is 0 Å². The van der Waals surface area contributed by atoms with E-state index >= 15 is 0 Å². The Labute approximate surface area is 750 Å². The summed E-state index contributed by atoms with van der Waals surface area (Å²) in [5, 5.41) is 0. The predicted octanol–water partition coefficient (Wildman–Crippen LogP) is 17.6. The van der Waals surface area contributed by atoms with Crippen LogP contribution in [0.2, 0.25) is 0 Å². The Bertz CT molecular complexity index is 4430. The number of piperidine rings is 5. The second-order valence-electron chi connectivity index (χ2n) is 44.8. The first-order valence-corrected chi connectivity index (χ1v) is 49.9. The Morgan fingerprint density at radius 2 is 0.616 bits per heavy atom. The fourth-order valence-corrected chi connectivity index (χ4v) is 29.0. The number of rotatable bonds is 19. The lowest BCUT2D eigenvalue weighted by Gasteiger charge is -2.59. The zero-order valence-electron chi connectivity index (χ0n) is 77.3. The summed E-state index contributed by atoms with van der Waals surface area (Å²) < 4.78 is 5.87. The van der Waals surface area contributed by atoms with E-state index < -0.39 is 0 Å². The average molecular weight is 1700 g/mol. The normalized spacial score (nSPS) is 34.2. The van der Waals surface area contributed by atoms with E-state index in [1.807, 2.05) is 30.3 Å². The lowest BCUT2D eigenvalue weighted by atomic mass is 9.52. The molecule has 12 fully saturated rings. The van der Waals surface area contributed by atoms with E-state index in [1.54, 1.807) is 0 Å². The van der Waals surface area contributed by atoms with Crippen LogP contribution in [0.25, 0.3) is 0 Å². The van der Waals surface area contributed by atoms with Gasteiger partial charge in [0.05, 0.1) is 6.10 Å². The highest BCUT2D eigenvalue weighted by Gasteiger charge is 2.58. The first-order valence-electron chi connectivity index (χ1n) is 49.9. The first-order chi connectivity index (χ1) is 59.4. The largest absolute Gasteiger partial charge is 0.377 e. The Morgan fingerprint density at radius 3 is 0.912 bits per heavy atom. The summed E-state index contributed by atoms with van der Waals surface area (Å²) in [7, 11) is 0. The molecule has 10 N–H and O–H groups in total. The van der Waals surface area contributed by atoms with E-state index in [0.717, 1.165) is 117 Å². The van der Waals surface area contributed by atoms with Gasteiger partial charge in [0.2, 0.25) is 29.5 Å². The predicted molar refractivity (Wildman–Crippen MR) is 503 cm³/mol. The minimum Gasteiger partial charge on any atom is -0.377 e. The number of carbonyl (C=O) groups excluding carboxylic acids is 5. The molecule has 17 aliphatic rings. The number of nitrogens with two attached hydrogens (primary N) is 5. The van der Waals surface area contributed by atoms with Crippen LogP contribution >= 0.6 is 0 Å². The molecule has 0 spiro atoms. The number of hydrogen-bond donors (Lipinski definition) is 5. The fourth-order valence-electron chi connectivity index (χ4n) is 29.0. The van der Waals surface area contributed by atoms with Gasteiger partial charge >= 0.3 is 0 Å². The number of nitrogens with zero attached hydrogens (tertiary/aromatic N) is 5. The van der Waals surface area contributed by atoms with Crippen LogP contribution in [0, 0.1) is 76.9 Å². The molecule has 6 saturated heterocycles. The monoisotopic (exact) mass is 1700 g/mol. The van der Waals surface area contributed by atoms with Crippen LogP contribution < -0.4 is 28.7 Å². The van der Waals surface area contributed by atoms with E-state index in [4.69, 9.17) is 33.4 Å². The number of carbonyl (C=O) groups is 5. The Kier molecular flexibility index (Phi) is 25.8. The lowest BCUT2D eigenvalue weighted by molar-refractivity contribution is -0.0186. The van der Waals surface area contributed by atoms with Gasteiger partial charge in [-0.1, -0.05) is 133 Å². The highest BCUT2D eigenvalue weighted by molar-refractivity contribution is 5.95. The topological polar surface area (TPSA) is 241 Å². The summed E-state index contributed by atoms with van der Waals surface area (Å²) in [5.41, 5.74) is 46.5. The molecular weight excluding hydrogens is 1550 g/mol. The molecule has 0 radical (unpaired) electrons. The van der Waals surface area contributed by atoms with Crippen molar-refractivity contribution in [3.05, 3.63) is 174 Å². The summed E-state index contributed by atoms with van der Waals surface area (Å²) in [4.78, 5) is 72.2. The molecule has 6 aliphatic heterocycles. The van der Waals surface area contributed by atoms with Crippen LogP contribution in [0.3, 0.4) is 0 Å². The number of ether oxygens (including phenoxy) is 1. The van der Waals surface area contributed by atoms with Crippen LogP contribution in [0.4, 0.5) is 0 Å². The van der Waals surface area contributed by atoms with Crippen molar-refractivity contribution in [2.45, 2.75) is 320 Å². The molecule has 16 heteroatoms. The minimum absolute atomic E-state index is 0. The number of hydrogen-bond acceptors (Lipinski definition) is 11. The highest BCUT2D eigenvalue weighted by Crippen LogP contribution is 2.60. The first kappa shape index (κ1) is 90.2. The van der Waals surface area contributed by atoms with Gasteiger partial charge in [-0.05, 0) is 396 Å². The van der Waals surface area contributed by atoms with Gasteiger partial charge in [0.25, 0.3) is 0 Å². The van der Waals surface area contributed by atoms with Crippen LogP contribution in [0.5, 0.6) is 0 Å². The average Bonchev–Trinajstić information content (AvgIpc) is 1.71. The third kappa shape index (κ3) is 17.4. The molecular formula is C109H156N10O6. The van der Waals surface area contributed by atoms with Gasteiger partial charge in [-0.2, -0.15) is 0 Å². The van der Waals surface area contributed by atoms with Crippen molar-refractivity contribution in [2.75, 3.05) is 72.1 Å². The van der Waals surface area contributed by atoms with Crippen LogP contribution in [-0.2, 0) is 63.9 Å². The van der Waals surface area contributed by atoms with E-state index in [0.29, 0.717) is 92.7 Å². The van der Waals surface area contributed by atoms with Crippen molar-refractivity contribution >= 4 is 29.5 Å². The maximum absolute atomic E-state index is 11.8. The zero-order valence-corrected chi connectivity index (χ0v) is 77.3. The molecule has 0 aromatic heterocycles. The van der Waals surface area contributed by atoms with Gasteiger partial charge in [-0.3, -0.25) is 48.5 Å². The van der Waals surface area contributed by atoms with E-state index in [9.17, 15) is 24.0 Å². The van der Waals surface area contributed by atoms with Crippen molar-refractivity contribution in [3.63, 3.8) is 0 Å². The van der Waals surface area contributed by atoms with Gasteiger partial charge in [0, 0.05) is 108 Å². The molecule has 10 bridgehead atoms. The molecule has 5 amide bonds. The lowest BCUT2D eigenvalue weighted by Crippen LogP contribution is -2.61. The second-order valence-corrected chi connectivity index (χ2v) is 44.8. The van der Waals surface area contributed by atoms with Gasteiger partial charge in [-0.25, -0.2) is 0 Å². The molecule has 6 saturated carbocycles. The molecule has 5 aromatic rings. The van der Waals surface area contributed by atoms with Crippen molar-refractivity contribution in [1.29, 1.82) is 0 Å². The number of amides is 5. The molecule has 22 rings (SSSR count). The van der Waals surface area contributed by atoms with Gasteiger partial charge < -0.3 is 33.4 Å². The molecule has 11 aliphatic carbocycles. The van der Waals surface area contributed by atoms with Gasteiger partial charge in [0.1, 0.15) is 0 Å². The quantitative estimate of drug-likeness (QED) is 0.0521. The molecule has 6 heterocycles. The molecule has 678 valence electrons. The third-order valence-electron chi connectivity index (χ3n) is 38.0. The van der Waals surface area contributed by atoms with Crippen LogP contribution in [0.1, 0.15) is 332 Å². The summed E-state index contributed by atoms with van der Waals surface area (Å²) in [6.07, 6.45) is 36.8. The van der Waals surface area contributed by atoms with Crippen molar-refractivity contribution in [2.24, 2.45) is 106 Å². The zero-order chi connectivity index (χ0) is 86.8. The van der Waals surface area contributed by atoms with E-state index in [-0.39, 0.29) is 53.2 Å². The maximum Gasteiger partial charge on any atom is 0.248 e. The molecule has 4 unspecified atom stereocenters. The smallest absolute Gasteiger partial charge is 0.248 e. The Hall–Kier alpha value is -6.79. The molecule has 5 aromatic carbocycles. The third-order valence-corrected chi connectivity index (χ3v) is 38.0. The SMILES string of the molecule is C.CC1[C@H]2Cc3ccc(C(N)=O)cc3[C@]1(C)CCN2C[C@@H](C)C1CC1.CC1[C@H]2Cc3ccc(C(N)=O)cc3[C@]1(C)CCN2C[C@H](C)C1CC1.C[C@@H](CN1CC[C@]23CCCCC2[C@H]1Cc1ccc(C(N)=O)cc13)C1CC1.C[C@H](CN1CC[C@]23CCCCC2[C@H]1Cc1ccc(C(N)=O)cc13)C1CC1.C[C@H]1[C@H]2Cc3ccc(C(N)=O)cc3[C@]1(C)CCN2C[C@H]1CCCO1. The minimum atomic E-state index is -0.327. The molecule has 20 atom stereocenters. The van der Waals surface area contributed by atoms with E-state index in [1.165, 1.54) is 249 Å². The standard InChI is InChI=1S/2C23H32N2O.2C21H30N2O.C20H28N2O2.CH4/c2*1-15(16-5-6-16)14-25-11-10-23-9-3-2-4-19(23)21(25)13-17-7-8-18(22(24)26)12-20(17)23;2*1-13(15-4-5-15)12-23-9-8-21(3)14(2)19(23)11-16-6-7-17(20(22)24)10-18(16)21;1-13-18-11-14-5-6-15(19(21)23)10-17(14)20(13,2)7-8-22(18)12-16-4-3-9-24-16;/h2*7-8,12,15-16,19,21H,2-6,9-11,13-14H2,1H3,(H2,24,26);2*6-7,10,13-15,19H,4-5,8-9,11-12H2,1-3H3,(H2,22,24);5-6,10,13,16,18H,3-4,7-9,11-12H2,1-2H3,(H2,21,23);1H4/t15-,19?,21+,23+;15-,19?,21-,23-;13-,14?,19+,21+;13-,14?,19-,21-;13-,16+,18+,20+;/m01010./s1. The Balaban J connectivity index is 0.000000110. The molecule has 125 heavy (non-hydrogen) atoms. The number of primary amides is 5. The van der Waals surface area contributed by atoms with Crippen LogP contribution in [-0.4, -0.2) is 162 Å².